The molecular weight excluding hydrogens is 171 g/mol. The molecule has 0 aliphatic carbocycles. The maximum Gasteiger partial charge on any atom is 0.435 e. The Bertz CT molecular complexity index is 301. The normalized spacial score (nSPS) is 16.6. The standard InChI is InChI=1S/C6H6F3N3/c7-6(8,9)5-3-1-10-2-4(3)11-12-5/h10H,1-2H2,(H,11,12). The van der Waals surface area contributed by atoms with Crippen LogP contribution in [0.2, 0.25) is 0 Å². The first-order valence-corrected chi connectivity index (χ1v) is 3.43. The third-order valence-corrected chi connectivity index (χ3v) is 1.82. The van der Waals surface area contributed by atoms with Crippen LogP contribution in [0.15, 0.2) is 0 Å². The average molecular weight is 177 g/mol. The first kappa shape index (κ1) is 7.60. The number of aromatic nitrogens is 2. The summed E-state index contributed by atoms with van der Waals surface area (Å²) in [7, 11) is 0. The molecule has 1 aliphatic heterocycles. The van der Waals surface area contributed by atoms with Gasteiger partial charge in [0, 0.05) is 18.7 Å². The smallest absolute Gasteiger partial charge is 0.307 e. The molecule has 2 rings (SSSR count). The third-order valence-electron chi connectivity index (χ3n) is 1.82. The SMILES string of the molecule is FC(F)(F)c1n[nH]c2c1CNC2. The molecule has 0 atom stereocenters. The second kappa shape index (κ2) is 2.22. The van der Waals surface area contributed by atoms with Gasteiger partial charge in [-0.15, -0.1) is 0 Å². The van der Waals surface area contributed by atoms with Gasteiger partial charge in [-0.25, -0.2) is 0 Å². The van der Waals surface area contributed by atoms with Crippen molar-refractivity contribution in [3.8, 4) is 0 Å². The summed E-state index contributed by atoms with van der Waals surface area (Å²) in [5.41, 5.74) is 0.00678. The van der Waals surface area contributed by atoms with Crippen molar-refractivity contribution in [3.05, 3.63) is 17.0 Å². The van der Waals surface area contributed by atoms with Crippen LogP contribution in [0.5, 0.6) is 0 Å². The van der Waals surface area contributed by atoms with E-state index >= 15 is 0 Å². The highest BCUT2D eigenvalue weighted by atomic mass is 19.4. The summed E-state index contributed by atoms with van der Waals surface area (Å²) in [5, 5.41) is 8.39. The number of halogens is 3. The van der Waals surface area contributed by atoms with Crippen LogP contribution >= 0.6 is 0 Å². The molecule has 6 heteroatoms. The Balaban J connectivity index is 2.46. The Labute approximate surface area is 66.0 Å². The molecule has 1 aliphatic rings. The van der Waals surface area contributed by atoms with Gasteiger partial charge in [0.15, 0.2) is 5.69 Å². The fraction of sp³-hybridized carbons (Fsp3) is 0.500. The van der Waals surface area contributed by atoms with Crippen molar-refractivity contribution in [3.63, 3.8) is 0 Å². The van der Waals surface area contributed by atoms with E-state index in [-0.39, 0.29) is 12.1 Å². The topological polar surface area (TPSA) is 40.7 Å². The van der Waals surface area contributed by atoms with Crippen LogP contribution in [0.25, 0.3) is 0 Å². The lowest BCUT2D eigenvalue weighted by Crippen LogP contribution is -2.11. The molecule has 0 aromatic carbocycles. The monoisotopic (exact) mass is 177 g/mol. The van der Waals surface area contributed by atoms with E-state index in [1.807, 2.05) is 0 Å². The molecular formula is C6H6F3N3. The van der Waals surface area contributed by atoms with Crippen LogP contribution in [0, 0.1) is 0 Å². The van der Waals surface area contributed by atoms with Gasteiger partial charge in [0.1, 0.15) is 0 Å². The van der Waals surface area contributed by atoms with E-state index in [0.717, 1.165) is 0 Å². The second-order valence-electron chi connectivity index (χ2n) is 2.63. The summed E-state index contributed by atoms with van der Waals surface area (Å²) in [4.78, 5) is 0. The fourth-order valence-corrected chi connectivity index (χ4v) is 1.28. The van der Waals surface area contributed by atoms with Crippen LogP contribution in [-0.4, -0.2) is 10.2 Å². The highest BCUT2D eigenvalue weighted by molar-refractivity contribution is 5.30. The van der Waals surface area contributed by atoms with Gasteiger partial charge in [0.05, 0.1) is 5.69 Å². The molecule has 66 valence electrons. The maximum atomic E-state index is 12.2. The van der Waals surface area contributed by atoms with Gasteiger partial charge >= 0.3 is 6.18 Å². The maximum absolute atomic E-state index is 12.2. The summed E-state index contributed by atoms with van der Waals surface area (Å²) in [5.74, 6) is 0. The number of alkyl halides is 3. The quantitative estimate of drug-likeness (QED) is 0.621. The highest BCUT2D eigenvalue weighted by Crippen LogP contribution is 2.32. The average Bonchev–Trinajstić information content (AvgIpc) is 2.37. The van der Waals surface area contributed by atoms with Gasteiger partial charge in [-0.1, -0.05) is 0 Å². The summed E-state index contributed by atoms with van der Waals surface area (Å²) in [6, 6.07) is 0. The molecule has 1 aromatic rings. The summed E-state index contributed by atoms with van der Waals surface area (Å²) >= 11 is 0. The predicted molar refractivity (Wildman–Crippen MR) is 34.1 cm³/mol. The lowest BCUT2D eigenvalue weighted by Gasteiger charge is -2.02. The fourth-order valence-electron chi connectivity index (χ4n) is 1.28. The molecule has 0 spiro atoms. The minimum Gasteiger partial charge on any atom is -0.307 e. The zero-order valence-electron chi connectivity index (χ0n) is 6.00. The van der Waals surface area contributed by atoms with Crippen LogP contribution in [0.3, 0.4) is 0 Å². The Morgan fingerprint density at radius 3 is 2.67 bits per heavy atom. The summed E-state index contributed by atoms with van der Waals surface area (Å²) in [6.45, 7) is 0.694. The molecule has 2 heterocycles. The summed E-state index contributed by atoms with van der Waals surface area (Å²) in [6.07, 6.45) is -4.34. The van der Waals surface area contributed by atoms with Crippen LogP contribution in [0.4, 0.5) is 13.2 Å². The van der Waals surface area contributed by atoms with Crippen molar-refractivity contribution >= 4 is 0 Å². The molecule has 3 nitrogen and oxygen atoms in total. The largest absolute Gasteiger partial charge is 0.435 e. The van der Waals surface area contributed by atoms with Crippen LogP contribution in [-0.2, 0) is 19.3 Å². The second-order valence-corrected chi connectivity index (χ2v) is 2.63. The van der Waals surface area contributed by atoms with Gasteiger partial charge in [-0.2, -0.15) is 18.3 Å². The molecule has 0 amide bonds. The van der Waals surface area contributed by atoms with Gasteiger partial charge < -0.3 is 5.32 Å². The van der Waals surface area contributed by atoms with E-state index in [1.165, 1.54) is 0 Å². The first-order valence-electron chi connectivity index (χ1n) is 3.43. The summed E-state index contributed by atoms with van der Waals surface area (Å²) < 4.78 is 36.5. The lowest BCUT2D eigenvalue weighted by molar-refractivity contribution is -0.141. The third kappa shape index (κ3) is 0.989. The highest BCUT2D eigenvalue weighted by Gasteiger charge is 2.38. The van der Waals surface area contributed by atoms with Gasteiger partial charge in [0.25, 0.3) is 0 Å². The molecule has 12 heavy (non-hydrogen) atoms. The Morgan fingerprint density at radius 1 is 1.25 bits per heavy atom. The number of hydrogen-bond acceptors (Lipinski definition) is 2. The van der Waals surface area contributed by atoms with Gasteiger partial charge in [-0.05, 0) is 0 Å². The van der Waals surface area contributed by atoms with Crippen molar-refractivity contribution in [1.82, 2.24) is 15.5 Å². The van der Waals surface area contributed by atoms with Crippen LogP contribution in [0.1, 0.15) is 17.0 Å². The number of rotatable bonds is 0. The van der Waals surface area contributed by atoms with E-state index in [0.29, 0.717) is 12.2 Å². The lowest BCUT2D eigenvalue weighted by atomic mass is 10.2. The number of hydrogen-bond donors (Lipinski definition) is 2. The van der Waals surface area contributed by atoms with E-state index < -0.39 is 11.9 Å². The number of fused-ring (bicyclic) bond motifs is 1. The van der Waals surface area contributed by atoms with E-state index in [4.69, 9.17) is 0 Å². The Kier molecular flexibility index (Phi) is 1.41. The van der Waals surface area contributed by atoms with Gasteiger partial charge in [-0.3, -0.25) is 5.10 Å². The molecule has 0 fully saturated rings. The van der Waals surface area contributed by atoms with E-state index in [2.05, 4.69) is 15.5 Å². The van der Waals surface area contributed by atoms with Crippen LogP contribution < -0.4 is 5.32 Å². The molecule has 1 aromatic heterocycles. The predicted octanol–water partition coefficient (Wildman–Crippen LogP) is 1.03. The van der Waals surface area contributed by atoms with Crippen molar-refractivity contribution in [2.45, 2.75) is 19.3 Å². The van der Waals surface area contributed by atoms with E-state index in [9.17, 15) is 13.2 Å². The molecule has 0 saturated carbocycles. The van der Waals surface area contributed by atoms with Gasteiger partial charge in [0.2, 0.25) is 0 Å². The molecule has 0 radical (unpaired) electrons. The first-order chi connectivity index (χ1) is 5.59. The number of nitrogens with zero attached hydrogens (tertiary/aromatic N) is 1. The zero-order valence-corrected chi connectivity index (χ0v) is 6.00. The van der Waals surface area contributed by atoms with Crippen molar-refractivity contribution in [1.29, 1.82) is 0 Å². The minimum absolute atomic E-state index is 0.251. The molecule has 0 bridgehead atoms. The molecule has 2 N–H and O–H groups in total. The Morgan fingerprint density at radius 2 is 2.00 bits per heavy atom. The van der Waals surface area contributed by atoms with E-state index in [1.54, 1.807) is 0 Å². The van der Waals surface area contributed by atoms with Crippen molar-refractivity contribution in [2.75, 3.05) is 0 Å². The van der Waals surface area contributed by atoms with Crippen molar-refractivity contribution in [2.24, 2.45) is 0 Å². The number of nitrogens with one attached hydrogen (secondary N) is 2. The van der Waals surface area contributed by atoms with Crippen molar-refractivity contribution < 1.29 is 13.2 Å². The zero-order chi connectivity index (χ0) is 8.77. The molecule has 0 saturated heterocycles. The minimum atomic E-state index is -4.34. The number of H-pyrrole nitrogens is 1. The molecule has 0 unspecified atom stereocenters. The number of aromatic amines is 1. The Hall–Kier alpha value is -1.04.